The molecular formula is C19H12Cl2N4O4. The summed E-state index contributed by atoms with van der Waals surface area (Å²) in [7, 11) is 1.69. The Kier molecular flexibility index (Phi) is 4.52. The van der Waals surface area contributed by atoms with Gasteiger partial charge in [0.1, 0.15) is 5.65 Å². The number of anilines is 1. The van der Waals surface area contributed by atoms with Crippen molar-refractivity contribution in [1.82, 2.24) is 14.2 Å². The number of carboxylic acids is 1. The minimum absolute atomic E-state index is 0.235. The van der Waals surface area contributed by atoms with Crippen LogP contribution in [0, 0.1) is 0 Å². The number of carbonyl (C=O) groups excluding carboxylic acids is 1. The number of halogens is 2. The van der Waals surface area contributed by atoms with Gasteiger partial charge in [-0.1, -0.05) is 23.2 Å². The van der Waals surface area contributed by atoms with Crippen LogP contribution in [0.2, 0.25) is 10.0 Å². The second kappa shape index (κ2) is 6.91. The lowest BCUT2D eigenvalue weighted by molar-refractivity contribution is 0.0690. The molecule has 2 N–H and O–H groups in total. The lowest BCUT2D eigenvalue weighted by atomic mass is 10.2. The molecule has 0 aliphatic carbocycles. The molecular weight excluding hydrogens is 419 g/mol. The van der Waals surface area contributed by atoms with Crippen molar-refractivity contribution >= 4 is 57.3 Å². The summed E-state index contributed by atoms with van der Waals surface area (Å²) in [6, 6.07) is 10.6. The molecule has 0 saturated heterocycles. The van der Waals surface area contributed by atoms with Gasteiger partial charge in [0.05, 0.1) is 20.9 Å². The Morgan fingerprint density at radius 2 is 1.83 bits per heavy atom. The third kappa shape index (κ3) is 3.22. The molecule has 0 bridgehead atoms. The quantitative estimate of drug-likeness (QED) is 0.517. The van der Waals surface area contributed by atoms with Crippen LogP contribution in [0.15, 0.2) is 47.3 Å². The van der Waals surface area contributed by atoms with Gasteiger partial charge < -0.3 is 15.0 Å². The van der Waals surface area contributed by atoms with E-state index >= 15 is 0 Å². The van der Waals surface area contributed by atoms with Gasteiger partial charge in [0, 0.05) is 24.4 Å². The summed E-state index contributed by atoms with van der Waals surface area (Å²) in [5.74, 6) is -1.65. The Hall–Kier alpha value is -3.36. The van der Waals surface area contributed by atoms with Gasteiger partial charge in [-0.05, 0) is 36.4 Å². The third-order valence-electron chi connectivity index (χ3n) is 4.47. The van der Waals surface area contributed by atoms with Crippen molar-refractivity contribution in [3.05, 3.63) is 74.1 Å². The van der Waals surface area contributed by atoms with Crippen molar-refractivity contribution in [1.29, 1.82) is 0 Å². The zero-order chi connectivity index (χ0) is 20.9. The van der Waals surface area contributed by atoms with E-state index in [0.29, 0.717) is 27.4 Å². The van der Waals surface area contributed by atoms with Gasteiger partial charge >= 0.3 is 5.97 Å². The molecule has 0 saturated carbocycles. The highest BCUT2D eigenvalue weighted by molar-refractivity contribution is 6.42. The predicted octanol–water partition coefficient (Wildman–Crippen LogP) is 3.44. The number of aromatic carboxylic acids is 1. The number of carboxylic acid groups (broad SMARTS) is 1. The SMILES string of the molecule is Cn1c2ccc(NC(=O)c3ccc(Cl)c(Cl)c3)cc2c(=O)n2nc(C(=O)O)cc12. The lowest BCUT2D eigenvalue weighted by Crippen LogP contribution is -2.19. The van der Waals surface area contributed by atoms with E-state index in [9.17, 15) is 14.4 Å². The van der Waals surface area contributed by atoms with Crippen LogP contribution in [0.3, 0.4) is 0 Å². The fourth-order valence-electron chi connectivity index (χ4n) is 3.02. The number of hydrogen-bond acceptors (Lipinski definition) is 4. The molecule has 146 valence electrons. The molecule has 10 heteroatoms. The van der Waals surface area contributed by atoms with Crippen LogP contribution in [0.25, 0.3) is 16.6 Å². The minimum Gasteiger partial charge on any atom is -0.476 e. The van der Waals surface area contributed by atoms with Gasteiger partial charge in [-0.2, -0.15) is 9.61 Å². The van der Waals surface area contributed by atoms with E-state index in [1.165, 1.54) is 30.3 Å². The van der Waals surface area contributed by atoms with Crippen molar-refractivity contribution in [2.75, 3.05) is 5.32 Å². The van der Waals surface area contributed by atoms with E-state index in [2.05, 4.69) is 10.4 Å². The molecule has 0 fully saturated rings. The summed E-state index contributed by atoms with van der Waals surface area (Å²) >= 11 is 11.8. The molecule has 0 atom stereocenters. The maximum atomic E-state index is 12.8. The first-order valence-corrected chi connectivity index (χ1v) is 9.04. The zero-order valence-electron chi connectivity index (χ0n) is 14.8. The molecule has 0 unspecified atom stereocenters. The van der Waals surface area contributed by atoms with Crippen molar-refractivity contribution in [3.8, 4) is 0 Å². The predicted molar refractivity (Wildman–Crippen MR) is 109 cm³/mol. The van der Waals surface area contributed by atoms with E-state index in [-0.39, 0.29) is 16.1 Å². The Balaban J connectivity index is 1.79. The summed E-state index contributed by atoms with van der Waals surface area (Å²) in [5.41, 5.74) is 0.864. The molecule has 4 rings (SSSR count). The van der Waals surface area contributed by atoms with Crippen LogP contribution in [-0.4, -0.2) is 31.2 Å². The first-order valence-electron chi connectivity index (χ1n) is 8.28. The Morgan fingerprint density at radius 3 is 2.52 bits per heavy atom. The Morgan fingerprint density at radius 1 is 1.07 bits per heavy atom. The number of aromatic nitrogens is 3. The van der Waals surface area contributed by atoms with E-state index in [1.54, 1.807) is 23.7 Å². The van der Waals surface area contributed by atoms with Crippen LogP contribution in [0.1, 0.15) is 20.8 Å². The fraction of sp³-hybridized carbons (Fsp3) is 0.0526. The molecule has 2 aromatic carbocycles. The second-order valence-electron chi connectivity index (χ2n) is 6.28. The van der Waals surface area contributed by atoms with Crippen LogP contribution < -0.4 is 10.9 Å². The number of amides is 1. The highest BCUT2D eigenvalue weighted by Crippen LogP contribution is 2.24. The normalized spacial score (nSPS) is 11.1. The summed E-state index contributed by atoms with van der Waals surface area (Å²) in [6.45, 7) is 0. The van der Waals surface area contributed by atoms with Crippen LogP contribution in [0.4, 0.5) is 5.69 Å². The molecule has 4 aromatic rings. The standard InChI is InChI=1S/C19H12Cl2N4O4/c1-24-15-5-3-10(22-17(26)9-2-4-12(20)13(21)6-9)7-11(15)18(27)25-16(24)8-14(23-25)19(28)29/h2-8H,1H3,(H,22,26)(H,28,29). The minimum atomic E-state index is -1.23. The zero-order valence-corrected chi connectivity index (χ0v) is 16.3. The smallest absolute Gasteiger partial charge is 0.356 e. The molecule has 29 heavy (non-hydrogen) atoms. The van der Waals surface area contributed by atoms with Crippen LogP contribution in [0.5, 0.6) is 0 Å². The third-order valence-corrected chi connectivity index (χ3v) is 5.21. The van der Waals surface area contributed by atoms with Crippen molar-refractivity contribution in [2.24, 2.45) is 7.05 Å². The number of benzene rings is 2. The van der Waals surface area contributed by atoms with E-state index in [1.807, 2.05) is 0 Å². The van der Waals surface area contributed by atoms with Gasteiger partial charge in [-0.15, -0.1) is 0 Å². The van der Waals surface area contributed by atoms with Crippen molar-refractivity contribution in [2.45, 2.75) is 0 Å². The Labute approximate surface area is 172 Å². The van der Waals surface area contributed by atoms with Crippen LogP contribution >= 0.6 is 23.2 Å². The lowest BCUT2D eigenvalue weighted by Gasteiger charge is -2.10. The number of fused-ring (bicyclic) bond motifs is 2. The summed E-state index contributed by atoms with van der Waals surface area (Å²) in [6.07, 6.45) is 0. The average molecular weight is 431 g/mol. The highest BCUT2D eigenvalue weighted by Gasteiger charge is 2.16. The van der Waals surface area contributed by atoms with Gasteiger partial charge in [0.2, 0.25) is 0 Å². The molecule has 0 radical (unpaired) electrons. The molecule has 0 spiro atoms. The number of carbonyl (C=O) groups is 2. The van der Waals surface area contributed by atoms with E-state index in [0.717, 1.165) is 4.52 Å². The van der Waals surface area contributed by atoms with E-state index < -0.39 is 17.4 Å². The van der Waals surface area contributed by atoms with Gasteiger partial charge in [0.15, 0.2) is 5.69 Å². The first kappa shape index (κ1) is 19.0. The van der Waals surface area contributed by atoms with E-state index in [4.69, 9.17) is 28.3 Å². The summed E-state index contributed by atoms with van der Waals surface area (Å²) < 4.78 is 2.68. The van der Waals surface area contributed by atoms with Gasteiger partial charge in [-0.3, -0.25) is 9.59 Å². The number of nitrogens with one attached hydrogen (secondary N) is 1. The molecule has 1 amide bonds. The van der Waals surface area contributed by atoms with Crippen LogP contribution in [-0.2, 0) is 7.05 Å². The van der Waals surface area contributed by atoms with Gasteiger partial charge in [0.25, 0.3) is 11.5 Å². The molecule has 0 aliphatic heterocycles. The van der Waals surface area contributed by atoms with Gasteiger partial charge in [-0.25, -0.2) is 4.79 Å². The molecule has 2 aromatic heterocycles. The number of rotatable bonds is 3. The average Bonchev–Trinajstić information content (AvgIpc) is 3.14. The topological polar surface area (TPSA) is 106 Å². The summed E-state index contributed by atoms with van der Waals surface area (Å²) in [5, 5.41) is 16.5. The van der Waals surface area contributed by atoms with Crippen molar-refractivity contribution < 1.29 is 14.7 Å². The van der Waals surface area contributed by atoms with Crippen molar-refractivity contribution in [3.63, 3.8) is 0 Å². The number of aryl methyl sites for hydroxylation is 1. The Bertz CT molecular complexity index is 1390. The first-order chi connectivity index (χ1) is 13.8. The summed E-state index contributed by atoms with van der Waals surface area (Å²) in [4.78, 5) is 36.5. The monoisotopic (exact) mass is 430 g/mol. The fourth-order valence-corrected chi connectivity index (χ4v) is 3.32. The highest BCUT2D eigenvalue weighted by atomic mass is 35.5. The number of nitrogens with zero attached hydrogens (tertiary/aromatic N) is 3. The molecule has 2 heterocycles. The maximum Gasteiger partial charge on any atom is 0.356 e. The molecule has 8 nitrogen and oxygen atoms in total. The maximum absolute atomic E-state index is 12.8. The second-order valence-corrected chi connectivity index (χ2v) is 7.10. The largest absolute Gasteiger partial charge is 0.476 e. The number of hydrogen-bond donors (Lipinski definition) is 2. The molecule has 0 aliphatic rings.